The molecule has 0 saturated heterocycles. The molecular weight excluding hydrogens is 417 g/mol. The highest BCUT2D eigenvalue weighted by atomic mass is 32.2. The van der Waals surface area contributed by atoms with Crippen molar-refractivity contribution in [3.05, 3.63) is 47.8 Å². The lowest BCUT2D eigenvalue weighted by molar-refractivity contribution is -0.153. The standard InChI is InChI=1S/C16H14F3N3O2S.C4H11N/c1-10-13(20-7-6-14(10)24-9-16(17,18)19)8-25(23)15-21-11-4-2-3-5-12(11)22-15;1-4(2,3)5/h2-7H,8-9H2,1H3,(H,21,22);5H2,1-3H3. The van der Waals surface area contributed by atoms with E-state index in [9.17, 15) is 17.7 Å². The summed E-state index contributed by atoms with van der Waals surface area (Å²) in [4.78, 5) is 11.3. The molecule has 164 valence electrons. The lowest BCUT2D eigenvalue weighted by atomic mass is 10.1. The SMILES string of the molecule is CC(C)(C)N.Cc1c(OCC(F)(F)F)ccnc1C[S+]([O-])c1nc2ccccc2[nH]1. The van der Waals surface area contributed by atoms with Crippen LogP contribution in [0.1, 0.15) is 32.0 Å². The summed E-state index contributed by atoms with van der Waals surface area (Å²) in [5.41, 5.74) is 7.64. The number of halogens is 3. The molecule has 0 aliphatic heterocycles. The number of ether oxygens (including phenoxy) is 1. The van der Waals surface area contributed by atoms with Gasteiger partial charge in [0.2, 0.25) is 0 Å². The topological polar surface area (TPSA) is 99.9 Å². The molecule has 3 aromatic rings. The van der Waals surface area contributed by atoms with E-state index in [-0.39, 0.29) is 17.0 Å². The third kappa shape index (κ3) is 7.85. The van der Waals surface area contributed by atoms with Crippen molar-refractivity contribution in [3.63, 3.8) is 0 Å². The molecule has 0 radical (unpaired) electrons. The number of hydrogen-bond donors (Lipinski definition) is 2. The molecule has 0 amide bonds. The number of nitrogens with zero attached hydrogens (tertiary/aromatic N) is 2. The molecule has 3 rings (SSSR count). The van der Waals surface area contributed by atoms with E-state index < -0.39 is 24.0 Å². The van der Waals surface area contributed by atoms with Crippen molar-refractivity contribution in [3.8, 4) is 5.75 Å². The van der Waals surface area contributed by atoms with Gasteiger partial charge in [-0.25, -0.2) is 0 Å². The third-order valence-electron chi connectivity index (χ3n) is 3.50. The Balaban J connectivity index is 0.000000575. The van der Waals surface area contributed by atoms with Crippen molar-refractivity contribution in [2.45, 2.75) is 50.3 Å². The number of rotatable bonds is 5. The summed E-state index contributed by atoms with van der Waals surface area (Å²) >= 11 is -1.51. The van der Waals surface area contributed by atoms with E-state index in [4.69, 9.17) is 10.5 Å². The Morgan fingerprint density at radius 2 is 1.80 bits per heavy atom. The minimum atomic E-state index is -4.42. The van der Waals surface area contributed by atoms with E-state index >= 15 is 0 Å². The van der Waals surface area contributed by atoms with Crippen LogP contribution in [0.5, 0.6) is 5.75 Å². The number of para-hydroxylation sites is 2. The molecule has 1 unspecified atom stereocenters. The second kappa shape index (κ2) is 9.67. The van der Waals surface area contributed by atoms with E-state index in [1.165, 1.54) is 12.3 Å². The van der Waals surface area contributed by atoms with E-state index in [0.717, 1.165) is 5.52 Å². The van der Waals surface area contributed by atoms with Crippen molar-refractivity contribution in [1.29, 1.82) is 0 Å². The van der Waals surface area contributed by atoms with Crippen LogP contribution in [0.2, 0.25) is 0 Å². The Labute approximate surface area is 176 Å². The number of fused-ring (bicyclic) bond motifs is 1. The molecule has 2 aromatic heterocycles. The lowest BCUT2D eigenvalue weighted by Crippen LogP contribution is -2.26. The number of hydrogen-bond acceptors (Lipinski definition) is 5. The van der Waals surface area contributed by atoms with Crippen molar-refractivity contribution in [1.82, 2.24) is 15.0 Å². The summed E-state index contributed by atoms with van der Waals surface area (Å²) in [6.45, 7) is 6.10. The number of pyridine rings is 1. The minimum Gasteiger partial charge on any atom is -0.609 e. The molecule has 0 spiro atoms. The zero-order chi connectivity index (χ0) is 22.5. The molecule has 30 heavy (non-hydrogen) atoms. The van der Waals surface area contributed by atoms with Crippen molar-refractivity contribution in [2.24, 2.45) is 5.73 Å². The quantitative estimate of drug-likeness (QED) is 0.575. The predicted molar refractivity (Wildman–Crippen MR) is 111 cm³/mol. The largest absolute Gasteiger partial charge is 0.609 e. The number of H-pyrrole nitrogens is 1. The number of nitrogens with one attached hydrogen (secondary N) is 1. The molecule has 0 aliphatic carbocycles. The highest BCUT2D eigenvalue weighted by molar-refractivity contribution is 7.90. The Hall–Kier alpha value is -2.30. The zero-order valence-corrected chi connectivity index (χ0v) is 18.0. The van der Waals surface area contributed by atoms with Gasteiger partial charge < -0.3 is 15.0 Å². The highest BCUT2D eigenvalue weighted by Gasteiger charge is 2.29. The number of benzene rings is 1. The lowest BCUT2D eigenvalue weighted by Gasteiger charge is -2.14. The van der Waals surface area contributed by atoms with Crippen molar-refractivity contribution >= 4 is 22.2 Å². The van der Waals surface area contributed by atoms with Gasteiger partial charge in [-0.05, 0) is 45.9 Å². The molecule has 0 bridgehead atoms. The van der Waals surface area contributed by atoms with Gasteiger partial charge in [0.1, 0.15) is 5.75 Å². The van der Waals surface area contributed by atoms with Gasteiger partial charge in [0.05, 0.1) is 16.7 Å². The van der Waals surface area contributed by atoms with Crippen LogP contribution in [-0.4, -0.2) is 37.8 Å². The fraction of sp³-hybridized carbons (Fsp3) is 0.400. The number of alkyl halides is 3. The molecule has 0 aliphatic rings. The van der Waals surface area contributed by atoms with Gasteiger partial charge >= 0.3 is 11.3 Å². The fourth-order valence-corrected chi connectivity index (χ4v) is 3.35. The minimum absolute atomic E-state index is 0. The first kappa shape index (κ1) is 24.0. The highest BCUT2D eigenvalue weighted by Crippen LogP contribution is 2.25. The summed E-state index contributed by atoms with van der Waals surface area (Å²) in [5, 5.41) is 0.295. The predicted octanol–water partition coefficient (Wildman–Crippen LogP) is 4.26. The first-order valence-corrected chi connectivity index (χ1v) is 10.4. The van der Waals surface area contributed by atoms with Gasteiger partial charge in [0.15, 0.2) is 12.4 Å². The average Bonchev–Trinajstić information content (AvgIpc) is 3.04. The van der Waals surface area contributed by atoms with E-state index in [1.54, 1.807) is 13.0 Å². The molecule has 1 atom stereocenters. The van der Waals surface area contributed by atoms with E-state index in [0.29, 0.717) is 21.9 Å². The normalized spacial score (nSPS) is 13.0. The van der Waals surface area contributed by atoms with Crippen LogP contribution in [0, 0.1) is 6.92 Å². The van der Waals surface area contributed by atoms with Gasteiger partial charge in [-0.2, -0.15) is 18.2 Å². The van der Waals surface area contributed by atoms with Crippen LogP contribution in [-0.2, 0) is 16.9 Å². The summed E-state index contributed by atoms with van der Waals surface area (Å²) in [5.74, 6) is 0.0958. The summed E-state index contributed by atoms with van der Waals surface area (Å²) in [6, 6.07) is 8.62. The first-order chi connectivity index (χ1) is 13.8. The van der Waals surface area contributed by atoms with Crippen LogP contribution in [0.4, 0.5) is 13.2 Å². The number of imidazole rings is 1. The molecule has 0 fully saturated rings. The maximum atomic E-state index is 12.5. The molecule has 0 saturated carbocycles. The maximum Gasteiger partial charge on any atom is 0.422 e. The number of aromatic amines is 1. The molecular formula is C20H25F3N4O2S. The van der Waals surface area contributed by atoms with Crippen LogP contribution in [0.25, 0.3) is 11.0 Å². The molecule has 2 heterocycles. The van der Waals surface area contributed by atoms with Crippen molar-refractivity contribution < 1.29 is 22.5 Å². The Kier molecular flexibility index (Phi) is 7.73. The van der Waals surface area contributed by atoms with Gasteiger partial charge in [0, 0.05) is 28.5 Å². The summed E-state index contributed by atoms with van der Waals surface area (Å²) in [7, 11) is 0. The van der Waals surface area contributed by atoms with Crippen LogP contribution in [0.15, 0.2) is 41.7 Å². The maximum absolute atomic E-state index is 12.5. The smallest absolute Gasteiger partial charge is 0.422 e. The monoisotopic (exact) mass is 442 g/mol. The Morgan fingerprint density at radius 1 is 1.17 bits per heavy atom. The van der Waals surface area contributed by atoms with Gasteiger partial charge in [-0.15, -0.1) is 0 Å². The van der Waals surface area contributed by atoms with E-state index in [1.807, 2.05) is 39.0 Å². The number of aromatic nitrogens is 3. The zero-order valence-electron chi connectivity index (χ0n) is 17.2. The average molecular weight is 443 g/mol. The van der Waals surface area contributed by atoms with Crippen molar-refractivity contribution in [2.75, 3.05) is 6.61 Å². The summed E-state index contributed by atoms with van der Waals surface area (Å²) < 4.78 is 54.2. The Bertz CT molecular complexity index is 932. The van der Waals surface area contributed by atoms with E-state index in [2.05, 4.69) is 15.0 Å². The van der Waals surface area contributed by atoms with Gasteiger partial charge in [0.25, 0.3) is 0 Å². The molecule has 1 aromatic carbocycles. The summed E-state index contributed by atoms with van der Waals surface area (Å²) in [6.07, 6.45) is -3.09. The fourth-order valence-electron chi connectivity index (χ4n) is 2.25. The van der Waals surface area contributed by atoms with Gasteiger partial charge in [-0.3, -0.25) is 9.97 Å². The van der Waals surface area contributed by atoms with Crippen LogP contribution in [0.3, 0.4) is 0 Å². The van der Waals surface area contributed by atoms with Crippen LogP contribution >= 0.6 is 0 Å². The van der Waals surface area contributed by atoms with Crippen LogP contribution < -0.4 is 10.5 Å². The van der Waals surface area contributed by atoms with Gasteiger partial charge in [-0.1, -0.05) is 12.1 Å². The second-order valence-corrected chi connectivity index (χ2v) is 9.07. The molecule has 3 N–H and O–H groups in total. The third-order valence-corrected chi connectivity index (χ3v) is 4.66. The molecule has 10 heteroatoms. The molecule has 6 nitrogen and oxygen atoms in total. The Morgan fingerprint density at radius 3 is 2.40 bits per heavy atom. The number of nitrogens with two attached hydrogens (primary N) is 1. The first-order valence-electron chi connectivity index (χ1n) is 9.09. The second-order valence-electron chi connectivity index (χ2n) is 7.70.